The van der Waals surface area contributed by atoms with Crippen molar-refractivity contribution in [1.29, 1.82) is 0 Å². The summed E-state index contributed by atoms with van der Waals surface area (Å²) in [5.74, 6) is 0.203. The first-order chi connectivity index (χ1) is 12.6. The van der Waals surface area contributed by atoms with E-state index in [0.717, 1.165) is 30.2 Å². The number of amides is 1. The number of ether oxygens (including phenoxy) is 1. The number of thioether (sulfide) groups is 1. The molecule has 1 aromatic carbocycles. The highest BCUT2D eigenvalue weighted by Crippen LogP contribution is 2.16. The molecule has 0 bridgehead atoms. The lowest BCUT2D eigenvalue weighted by Crippen LogP contribution is -2.26. The van der Waals surface area contributed by atoms with Gasteiger partial charge in [-0.1, -0.05) is 37.2 Å². The number of carbonyl (C=O) groups excluding carboxylic acids is 1. The predicted molar refractivity (Wildman–Crippen MR) is 98.8 cm³/mol. The summed E-state index contributed by atoms with van der Waals surface area (Å²) in [4.78, 5) is 36.2. The minimum absolute atomic E-state index is 0.00148. The number of hydrogen-bond acceptors (Lipinski definition) is 7. The number of unbranched alkanes of at least 4 members (excludes halogenated alkanes) is 1. The smallest absolute Gasteiger partial charge is 0.342 e. The second-order valence-electron chi connectivity index (χ2n) is 5.13. The Labute approximate surface area is 153 Å². The third kappa shape index (κ3) is 6.20. The molecule has 2 rings (SSSR count). The maximum Gasteiger partial charge on any atom is 0.342 e. The van der Waals surface area contributed by atoms with E-state index in [0.29, 0.717) is 12.4 Å². The Kier molecular flexibility index (Phi) is 7.62. The lowest BCUT2D eigenvalue weighted by molar-refractivity contribution is -0.118. The van der Waals surface area contributed by atoms with E-state index in [9.17, 15) is 14.4 Å². The monoisotopic (exact) mass is 377 g/mol. The molecule has 26 heavy (non-hydrogen) atoms. The van der Waals surface area contributed by atoms with Crippen LogP contribution in [0.1, 0.15) is 25.3 Å². The molecule has 0 aliphatic rings. The lowest BCUT2D eigenvalue weighted by atomic mass is 10.2. The first-order valence-corrected chi connectivity index (χ1v) is 8.94. The van der Waals surface area contributed by atoms with Crippen LogP contribution in [-0.4, -0.2) is 39.7 Å². The molecule has 0 aliphatic heterocycles. The molecule has 0 unspecified atom stereocenters. The van der Waals surface area contributed by atoms with Gasteiger partial charge >= 0.3 is 5.69 Å². The van der Waals surface area contributed by atoms with Gasteiger partial charge in [0.1, 0.15) is 5.75 Å². The quantitative estimate of drug-likeness (QED) is 0.257. The van der Waals surface area contributed by atoms with Crippen LogP contribution in [0.4, 0.5) is 0 Å². The van der Waals surface area contributed by atoms with Gasteiger partial charge < -0.3 is 4.74 Å². The van der Waals surface area contributed by atoms with Gasteiger partial charge in [0.25, 0.3) is 5.56 Å². The summed E-state index contributed by atoms with van der Waals surface area (Å²) in [5, 5.41) is 9.57. The Morgan fingerprint density at radius 2 is 2.19 bits per heavy atom. The second kappa shape index (κ2) is 10.2. The Bertz CT molecular complexity index is 877. The zero-order chi connectivity index (χ0) is 18.8. The van der Waals surface area contributed by atoms with Crippen LogP contribution in [-0.2, 0) is 4.79 Å². The van der Waals surface area contributed by atoms with Crippen molar-refractivity contribution in [2.24, 2.45) is 5.10 Å². The number of rotatable bonds is 9. The van der Waals surface area contributed by atoms with Crippen molar-refractivity contribution >= 4 is 23.9 Å². The zero-order valence-corrected chi connectivity index (χ0v) is 15.0. The van der Waals surface area contributed by atoms with Crippen molar-refractivity contribution in [2.45, 2.75) is 24.8 Å². The largest absolute Gasteiger partial charge is 0.493 e. The van der Waals surface area contributed by atoms with Crippen LogP contribution < -0.4 is 21.4 Å². The molecule has 0 radical (unpaired) electrons. The van der Waals surface area contributed by atoms with E-state index in [1.807, 2.05) is 29.2 Å². The van der Waals surface area contributed by atoms with Crippen LogP contribution >= 0.6 is 11.8 Å². The number of hydrogen-bond donors (Lipinski definition) is 3. The van der Waals surface area contributed by atoms with Crippen LogP contribution in [0.2, 0.25) is 0 Å². The van der Waals surface area contributed by atoms with Crippen molar-refractivity contribution in [1.82, 2.24) is 20.6 Å². The SMILES string of the molecule is CCCCOc1ccccc1/C=N/NC(=O)CSc1n[nH]c(=O)[nH]c1=O. The molecule has 0 fully saturated rings. The lowest BCUT2D eigenvalue weighted by Gasteiger charge is -2.07. The molecule has 1 aromatic heterocycles. The Balaban J connectivity index is 1.87. The number of para-hydroxylation sites is 1. The first-order valence-electron chi connectivity index (χ1n) is 7.95. The van der Waals surface area contributed by atoms with E-state index >= 15 is 0 Å². The molecule has 1 heterocycles. The van der Waals surface area contributed by atoms with Crippen molar-refractivity contribution in [2.75, 3.05) is 12.4 Å². The Morgan fingerprint density at radius 3 is 2.96 bits per heavy atom. The zero-order valence-electron chi connectivity index (χ0n) is 14.2. The van der Waals surface area contributed by atoms with E-state index < -0.39 is 17.2 Å². The number of nitrogens with one attached hydrogen (secondary N) is 3. The highest BCUT2D eigenvalue weighted by atomic mass is 32.2. The van der Waals surface area contributed by atoms with Crippen LogP contribution in [0.3, 0.4) is 0 Å². The molecule has 9 nitrogen and oxygen atoms in total. The summed E-state index contributed by atoms with van der Waals surface area (Å²) in [6.07, 6.45) is 3.49. The molecule has 0 atom stereocenters. The third-order valence-corrected chi connectivity index (χ3v) is 4.04. The summed E-state index contributed by atoms with van der Waals surface area (Å²) < 4.78 is 5.68. The van der Waals surface area contributed by atoms with Gasteiger partial charge in [-0.25, -0.2) is 15.3 Å². The van der Waals surface area contributed by atoms with E-state index in [4.69, 9.17) is 4.74 Å². The number of H-pyrrole nitrogens is 2. The van der Waals surface area contributed by atoms with Crippen LogP contribution in [0.25, 0.3) is 0 Å². The molecular formula is C16H19N5O4S. The molecule has 0 saturated carbocycles. The number of aromatic nitrogens is 3. The van der Waals surface area contributed by atoms with Crippen LogP contribution in [0.15, 0.2) is 44.0 Å². The van der Waals surface area contributed by atoms with Gasteiger partial charge in [-0.15, -0.1) is 0 Å². The summed E-state index contributed by atoms with van der Waals surface area (Å²) in [7, 11) is 0. The first kappa shape index (κ1) is 19.4. The van der Waals surface area contributed by atoms with E-state index in [-0.39, 0.29) is 10.8 Å². The molecule has 10 heteroatoms. The van der Waals surface area contributed by atoms with Gasteiger partial charge in [-0.3, -0.25) is 14.6 Å². The minimum Gasteiger partial charge on any atom is -0.493 e. The molecule has 2 aromatic rings. The van der Waals surface area contributed by atoms with Crippen molar-refractivity contribution in [3.05, 3.63) is 50.7 Å². The number of aromatic amines is 2. The van der Waals surface area contributed by atoms with Gasteiger partial charge in [-0.05, 0) is 18.6 Å². The van der Waals surface area contributed by atoms with E-state index in [1.165, 1.54) is 6.21 Å². The maximum atomic E-state index is 11.8. The molecule has 0 saturated heterocycles. The average molecular weight is 377 g/mol. The van der Waals surface area contributed by atoms with Gasteiger partial charge in [0.05, 0.1) is 18.6 Å². The predicted octanol–water partition coefficient (Wildman–Crippen LogP) is 0.879. The standard InChI is InChI=1S/C16H19N5O4S/c1-2-3-8-25-12-7-5-4-6-11(12)9-17-19-13(22)10-26-15-14(23)18-16(24)21-20-15/h4-7,9H,2-3,8,10H2,1H3,(H,19,22)(H2,18,21,23,24)/b17-9+. The topological polar surface area (TPSA) is 129 Å². The number of benzene rings is 1. The molecule has 1 amide bonds. The molecule has 0 spiro atoms. The van der Waals surface area contributed by atoms with Crippen molar-refractivity contribution in [3.63, 3.8) is 0 Å². The average Bonchev–Trinajstić information content (AvgIpc) is 2.62. The van der Waals surface area contributed by atoms with Gasteiger partial charge in [0, 0.05) is 5.56 Å². The van der Waals surface area contributed by atoms with Gasteiger partial charge in [-0.2, -0.15) is 10.2 Å². The van der Waals surface area contributed by atoms with Gasteiger partial charge in [0.2, 0.25) is 5.91 Å². The van der Waals surface area contributed by atoms with Crippen molar-refractivity contribution < 1.29 is 9.53 Å². The fourth-order valence-corrected chi connectivity index (χ4v) is 2.44. The Morgan fingerprint density at radius 1 is 1.38 bits per heavy atom. The van der Waals surface area contributed by atoms with E-state index in [2.05, 4.69) is 27.6 Å². The third-order valence-electron chi connectivity index (χ3n) is 3.09. The summed E-state index contributed by atoms with van der Waals surface area (Å²) in [5.41, 5.74) is 1.77. The number of carbonyl (C=O) groups is 1. The highest BCUT2D eigenvalue weighted by molar-refractivity contribution is 7.99. The Hall–Kier alpha value is -2.88. The molecular weight excluding hydrogens is 358 g/mol. The summed E-state index contributed by atoms with van der Waals surface area (Å²) in [6, 6.07) is 7.38. The number of nitrogens with zero attached hydrogens (tertiary/aromatic N) is 2. The highest BCUT2D eigenvalue weighted by Gasteiger charge is 2.07. The summed E-state index contributed by atoms with van der Waals surface area (Å²) >= 11 is 0.891. The number of hydrazone groups is 1. The maximum absolute atomic E-state index is 11.8. The van der Waals surface area contributed by atoms with Crippen LogP contribution in [0.5, 0.6) is 5.75 Å². The molecule has 3 N–H and O–H groups in total. The van der Waals surface area contributed by atoms with Crippen molar-refractivity contribution in [3.8, 4) is 5.75 Å². The summed E-state index contributed by atoms with van der Waals surface area (Å²) in [6.45, 7) is 2.70. The minimum atomic E-state index is -0.701. The fraction of sp³-hybridized carbons (Fsp3) is 0.312. The fourth-order valence-electron chi connectivity index (χ4n) is 1.82. The van der Waals surface area contributed by atoms with E-state index in [1.54, 1.807) is 0 Å². The van der Waals surface area contributed by atoms with Crippen LogP contribution in [0, 0.1) is 0 Å². The normalized spacial score (nSPS) is 10.8. The molecule has 138 valence electrons. The van der Waals surface area contributed by atoms with Gasteiger partial charge in [0.15, 0.2) is 5.03 Å². The second-order valence-corrected chi connectivity index (χ2v) is 6.10. The molecule has 0 aliphatic carbocycles.